The van der Waals surface area contributed by atoms with Gasteiger partial charge in [-0.25, -0.2) is 8.42 Å². The minimum absolute atomic E-state index is 0.0539. The van der Waals surface area contributed by atoms with Gasteiger partial charge in [-0.2, -0.15) is 0 Å². The fourth-order valence-corrected chi connectivity index (χ4v) is 4.72. The monoisotopic (exact) mass is 311 g/mol. The summed E-state index contributed by atoms with van der Waals surface area (Å²) in [6.45, 7) is 1.10. The first-order chi connectivity index (χ1) is 10.0. The minimum atomic E-state index is -3.26. The second-order valence-electron chi connectivity index (χ2n) is 5.33. The number of nitrogens with zero attached hydrogens (tertiary/aromatic N) is 1. The van der Waals surface area contributed by atoms with Gasteiger partial charge in [0.1, 0.15) is 6.04 Å². The van der Waals surface area contributed by atoms with Gasteiger partial charge >= 0.3 is 5.97 Å². The quantitative estimate of drug-likeness (QED) is 0.865. The van der Waals surface area contributed by atoms with Crippen molar-refractivity contribution in [1.29, 1.82) is 0 Å². The molecule has 2 unspecified atom stereocenters. The van der Waals surface area contributed by atoms with E-state index in [0.717, 1.165) is 0 Å². The number of sulfone groups is 1. The number of ether oxygens (including phenoxy) is 1. The molecule has 0 radical (unpaired) electrons. The summed E-state index contributed by atoms with van der Waals surface area (Å²) in [6, 6.07) is 5.97. The van der Waals surface area contributed by atoms with Gasteiger partial charge in [-0.1, -0.05) is 18.2 Å². The van der Waals surface area contributed by atoms with Gasteiger partial charge in [-0.3, -0.25) is 9.69 Å². The first-order valence-corrected chi connectivity index (χ1v) is 8.54. The maximum absolute atomic E-state index is 12.2. The molecular weight excluding hydrogens is 294 g/mol. The minimum Gasteiger partial charge on any atom is -0.480 e. The van der Waals surface area contributed by atoms with Gasteiger partial charge in [-0.05, 0) is 18.1 Å². The lowest BCUT2D eigenvalue weighted by Gasteiger charge is -2.41. The molecule has 0 bridgehead atoms. The molecule has 6 nitrogen and oxygen atoms in total. The third kappa shape index (κ3) is 2.56. The molecule has 1 N–H and O–H groups in total. The molecule has 1 aromatic carbocycles. The molecule has 1 aromatic rings. The Kier molecular flexibility index (Phi) is 3.73. The maximum atomic E-state index is 12.2. The number of fused-ring (bicyclic) bond motifs is 1. The lowest BCUT2D eigenvalue weighted by molar-refractivity contribution is -0.151. The van der Waals surface area contributed by atoms with Gasteiger partial charge in [0, 0.05) is 12.6 Å². The van der Waals surface area contributed by atoms with Gasteiger partial charge < -0.3 is 9.84 Å². The first kappa shape index (κ1) is 14.5. The van der Waals surface area contributed by atoms with Crippen LogP contribution in [-0.4, -0.2) is 55.9 Å². The van der Waals surface area contributed by atoms with Crippen LogP contribution in [0.2, 0.25) is 0 Å². The van der Waals surface area contributed by atoms with Crippen molar-refractivity contribution in [3.8, 4) is 0 Å². The molecule has 0 aliphatic carbocycles. The molecular formula is C14H17NO5S. The maximum Gasteiger partial charge on any atom is 0.323 e. The molecule has 0 spiro atoms. The van der Waals surface area contributed by atoms with Gasteiger partial charge in [0.2, 0.25) is 0 Å². The number of carboxylic acid groups (broad SMARTS) is 1. The van der Waals surface area contributed by atoms with Crippen LogP contribution in [0.5, 0.6) is 0 Å². The summed E-state index contributed by atoms with van der Waals surface area (Å²) in [4.78, 5) is 13.6. The fourth-order valence-electron chi connectivity index (χ4n) is 3.12. The van der Waals surface area contributed by atoms with Crippen molar-refractivity contribution in [3.05, 3.63) is 29.8 Å². The molecule has 114 valence electrons. The third-order valence-corrected chi connectivity index (χ3v) is 5.94. The second kappa shape index (κ2) is 5.40. The molecule has 0 saturated carbocycles. The number of hydrogen-bond acceptors (Lipinski definition) is 5. The van der Waals surface area contributed by atoms with Crippen molar-refractivity contribution < 1.29 is 23.1 Å². The molecule has 21 heavy (non-hydrogen) atoms. The zero-order chi connectivity index (χ0) is 15.0. The van der Waals surface area contributed by atoms with Crippen molar-refractivity contribution in [2.24, 2.45) is 0 Å². The normalized spacial score (nSPS) is 28.8. The van der Waals surface area contributed by atoms with Crippen LogP contribution in [0.1, 0.15) is 18.0 Å². The average molecular weight is 311 g/mol. The highest BCUT2D eigenvalue weighted by Gasteiger charge is 2.39. The van der Waals surface area contributed by atoms with Gasteiger partial charge in [0.15, 0.2) is 9.84 Å². The van der Waals surface area contributed by atoms with Crippen molar-refractivity contribution in [3.63, 3.8) is 0 Å². The number of aliphatic carboxylic acids is 1. The van der Waals surface area contributed by atoms with E-state index in [0.29, 0.717) is 30.0 Å². The van der Waals surface area contributed by atoms with Crippen LogP contribution < -0.4 is 0 Å². The lowest BCUT2D eigenvalue weighted by Crippen LogP contribution is -2.52. The fraction of sp³-hybridized carbons (Fsp3) is 0.500. The molecule has 1 fully saturated rings. The molecule has 3 rings (SSSR count). The summed E-state index contributed by atoms with van der Waals surface area (Å²) in [5.41, 5.74) is 0.705. The van der Waals surface area contributed by atoms with E-state index in [1.54, 1.807) is 24.3 Å². The van der Waals surface area contributed by atoms with E-state index in [4.69, 9.17) is 4.74 Å². The number of carboxylic acids is 1. The van der Waals surface area contributed by atoms with E-state index in [9.17, 15) is 18.3 Å². The highest BCUT2D eigenvalue weighted by atomic mass is 32.2. The number of rotatable bonds is 2. The summed E-state index contributed by atoms with van der Waals surface area (Å²) in [6.07, 6.45) is 0.420. The second-order valence-corrected chi connectivity index (χ2v) is 7.41. The van der Waals surface area contributed by atoms with Crippen LogP contribution in [0.4, 0.5) is 0 Å². The molecule has 2 aliphatic rings. The van der Waals surface area contributed by atoms with Crippen LogP contribution in [-0.2, 0) is 19.4 Å². The third-order valence-electron chi connectivity index (χ3n) is 4.13. The van der Waals surface area contributed by atoms with E-state index < -0.39 is 21.8 Å². The van der Waals surface area contributed by atoms with Crippen molar-refractivity contribution in [2.75, 3.05) is 25.5 Å². The van der Waals surface area contributed by atoms with Crippen LogP contribution in [0.15, 0.2) is 29.2 Å². The summed E-state index contributed by atoms with van der Waals surface area (Å²) < 4.78 is 29.6. The molecule has 0 amide bonds. The predicted molar refractivity (Wildman–Crippen MR) is 74.8 cm³/mol. The zero-order valence-corrected chi connectivity index (χ0v) is 12.3. The summed E-state index contributed by atoms with van der Waals surface area (Å²) in [7, 11) is -3.26. The summed E-state index contributed by atoms with van der Waals surface area (Å²) in [5, 5.41) is 9.35. The van der Waals surface area contributed by atoms with E-state index >= 15 is 0 Å². The van der Waals surface area contributed by atoms with Crippen LogP contribution in [0, 0.1) is 0 Å². The molecule has 7 heteroatoms. The molecule has 0 aromatic heterocycles. The van der Waals surface area contributed by atoms with E-state index in [1.807, 2.05) is 4.90 Å². The Morgan fingerprint density at radius 2 is 2.10 bits per heavy atom. The Morgan fingerprint density at radius 1 is 1.33 bits per heavy atom. The summed E-state index contributed by atoms with van der Waals surface area (Å²) >= 11 is 0. The van der Waals surface area contributed by atoms with Crippen molar-refractivity contribution in [2.45, 2.75) is 23.4 Å². The SMILES string of the molecule is O=C(O)C1COCCN1C1CCS(=O)(=O)c2ccccc21. The average Bonchev–Trinajstić information content (AvgIpc) is 2.47. The van der Waals surface area contributed by atoms with Gasteiger partial charge in [0.05, 0.1) is 23.9 Å². The van der Waals surface area contributed by atoms with E-state index in [-0.39, 0.29) is 18.4 Å². The van der Waals surface area contributed by atoms with Crippen LogP contribution in [0.3, 0.4) is 0 Å². The number of carbonyl (C=O) groups is 1. The van der Waals surface area contributed by atoms with Gasteiger partial charge in [0.25, 0.3) is 0 Å². The predicted octanol–water partition coefficient (Wildman–Crippen LogP) is 0.691. The van der Waals surface area contributed by atoms with Crippen molar-refractivity contribution in [1.82, 2.24) is 4.90 Å². The standard InChI is InChI=1S/C14H17NO5S/c16-14(17)12-9-20-7-6-15(12)11-5-8-21(18,19)13-4-2-1-3-10(11)13/h1-4,11-12H,5-9H2,(H,16,17). The number of benzene rings is 1. The number of morpholine rings is 1. The lowest BCUT2D eigenvalue weighted by atomic mass is 9.99. The molecule has 2 atom stereocenters. The molecule has 2 aliphatic heterocycles. The Balaban J connectivity index is 2.01. The van der Waals surface area contributed by atoms with E-state index in [2.05, 4.69) is 0 Å². The van der Waals surface area contributed by atoms with Crippen LogP contribution in [0.25, 0.3) is 0 Å². The number of hydrogen-bond donors (Lipinski definition) is 1. The van der Waals surface area contributed by atoms with E-state index in [1.165, 1.54) is 0 Å². The highest BCUT2D eigenvalue weighted by molar-refractivity contribution is 7.91. The highest BCUT2D eigenvalue weighted by Crippen LogP contribution is 2.37. The first-order valence-electron chi connectivity index (χ1n) is 6.89. The molecule has 2 heterocycles. The largest absolute Gasteiger partial charge is 0.480 e. The summed E-state index contributed by atoms with van der Waals surface area (Å²) in [5.74, 6) is -0.876. The van der Waals surface area contributed by atoms with Crippen LogP contribution >= 0.6 is 0 Å². The Hall–Kier alpha value is -1.44. The molecule has 1 saturated heterocycles. The Labute approximate surface area is 123 Å². The van der Waals surface area contributed by atoms with Crippen molar-refractivity contribution >= 4 is 15.8 Å². The topological polar surface area (TPSA) is 83.9 Å². The zero-order valence-electron chi connectivity index (χ0n) is 11.4. The Bertz CT molecular complexity index is 657. The Morgan fingerprint density at radius 3 is 2.86 bits per heavy atom. The van der Waals surface area contributed by atoms with Gasteiger partial charge in [-0.15, -0.1) is 0 Å². The smallest absolute Gasteiger partial charge is 0.323 e.